The molecule has 2 N–H and O–H groups in total. The largest absolute Gasteiger partial charge is 0.486 e. The number of likely N-dealkylation sites (tertiary alicyclic amines) is 1. The van der Waals surface area contributed by atoms with E-state index >= 15 is 0 Å². The molecule has 3 fully saturated rings. The molecule has 3 aliphatic rings. The number of anilines is 3. The van der Waals surface area contributed by atoms with Gasteiger partial charge in [0.1, 0.15) is 29.8 Å². The van der Waals surface area contributed by atoms with Gasteiger partial charge in [-0.25, -0.2) is 14.4 Å². The summed E-state index contributed by atoms with van der Waals surface area (Å²) in [6.07, 6.45) is 6.86. The van der Waals surface area contributed by atoms with Crippen LogP contribution in [0.4, 0.5) is 21.6 Å². The summed E-state index contributed by atoms with van der Waals surface area (Å²) in [7, 11) is 0. The topological polar surface area (TPSA) is 97.8 Å². The van der Waals surface area contributed by atoms with Crippen LogP contribution in [-0.4, -0.2) is 71.9 Å². The minimum absolute atomic E-state index is 0.00291. The van der Waals surface area contributed by atoms with Crippen molar-refractivity contribution in [2.75, 3.05) is 43.5 Å². The Morgan fingerprint density at radius 2 is 2.18 bits per heavy atom. The van der Waals surface area contributed by atoms with Crippen LogP contribution in [0.15, 0.2) is 48.8 Å². The maximum atomic E-state index is 13.6. The van der Waals surface area contributed by atoms with Gasteiger partial charge >= 0.3 is 0 Å². The molecule has 2 aromatic carbocycles. The van der Waals surface area contributed by atoms with E-state index in [-0.39, 0.29) is 17.0 Å². The molecule has 0 spiro atoms. The van der Waals surface area contributed by atoms with Gasteiger partial charge in [-0.2, -0.15) is 0 Å². The molecule has 3 saturated heterocycles. The van der Waals surface area contributed by atoms with Gasteiger partial charge in [0.15, 0.2) is 0 Å². The lowest BCUT2D eigenvalue weighted by Gasteiger charge is -2.25. The van der Waals surface area contributed by atoms with Crippen LogP contribution in [0.5, 0.6) is 5.75 Å². The van der Waals surface area contributed by atoms with Crippen LogP contribution in [-0.2, 0) is 14.3 Å². The van der Waals surface area contributed by atoms with Crippen molar-refractivity contribution in [1.82, 2.24) is 14.9 Å². The Labute approximate surface area is 223 Å². The van der Waals surface area contributed by atoms with Crippen LogP contribution in [0.1, 0.15) is 12.8 Å². The van der Waals surface area contributed by atoms with Gasteiger partial charge in [-0.3, -0.25) is 9.69 Å². The zero-order chi connectivity index (χ0) is 26.1. The number of hydrogen-bond acceptors (Lipinski definition) is 8. The maximum Gasteiger partial charge on any atom is 0.248 e. The van der Waals surface area contributed by atoms with Crippen molar-refractivity contribution >= 4 is 45.6 Å². The highest BCUT2D eigenvalue weighted by Gasteiger charge is 2.38. The predicted molar refractivity (Wildman–Crippen MR) is 142 cm³/mol. The molecule has 198 valence electrons. The Morgan fingerprint density at radius 1 is 1.26 bits per heavy atom. The number of aromatic nitrogens is 2. The molecule has 2 bridgehead atoms. The van der Waals surface area contributed by atoms with Crippen molar-refractivity contribution in [3.05, 3.63) is 59.7 Å². The number of morpholine rings is 1. The Morgan fingerprint density at radius 3 is 2.95 bits per heavy atom. The predicted octanol–water partition coefficient (Wildman–Crippen LogP) is 4.30. The zero-order valence-electron chi connectivity index (χ0n) is 20.5. The number of halogens is 2. The summed E-state index contributed by atoms with van der Waals surface area (Å²) in [6.45, 7) is 3.46. The van der Waals surface area contributed by atoms with E-state index < -0.39 is 5.82 Å². The van der Waals surface area contributed by atoms with E-state index in [0.717, 1.165) is 26.0 Å². The fourth-order valence-corrected chi connectivity index (χ4v) is 5.23. The van der Waals surface area contributed by atoms with E-state index in [1.165, 1.54) is 18.5 Å². The van der Waals surface area contributed by atoms with Gasteiger partial charge in [-0.05, 0) is 30.7 Å². The van der Waals surface area contributed by atoms with Gasteiger partial charge in [-0.15, -0.1) is 0 Å². The maximum absolute atomic E-state index is 13.6. The molecule has 0 saturated carbocycles. The van der Waals surface area contributed by atoms with E-state index in [9.17, 15) is 9.18 Å². The zero-order valence-corrected chi connectivity index (χ0v) is 21.3. The highest BCUT2D eigenvalue weighted by atomic mass is 35.5. The molecule has 4 heterocycles. The lowest BCUT2D eigenvalue weighted by molar-refractivity contribution is -0.111. The second-order valence-electron chi connectivity index (χ2n) is 9.64. The molecule has 9 nitrogen and oxygen atoms in total. The Balaban J connectivity index is 1.25. The number of benzene rings is 2. The smallest absolute Gasteiger partial charge is 0.248 e. The molecular weight excluding hydrogens is 513 g/mol. The van der Waals surface area contributed by atoms with Crippen LogP contribution in [0.25, 0.3) is 10.9 Å². The highest BCUT2D eigenvalue weighted by Crippen LogP contribution is 2.35. The molecule has 1 amide bonds. The van der Waals surface area contributed by atoms with Crippen molar-refractivity contribution in [2.45, 2.75) is 31.1 Å². The Kier molecular flexibility index (Phi) is 7.12. The number of carbonyl (C=O) groups is 1. The van der Waals surface area contributed by atoms with Gasteiger partial charge in [0.2, 0.25) is 5.91 Å². The quantitative estimate of drug-likeness (QED) is 0.409. The Hall–Kier alpha value is -3.31. The Bertz CT molecular complexity index is 1380. The van der Waals surface area contributed by atoms with Crippen LogP contribution >= 0.6 is 11.6 Å². The lowest BCUT2D eigenvalue weighted by atomic mass is 10.1. The minimum atomic E-state index is -0.508. The summed E-state index contributed by atoms with van der Waals surface area (Å²) < 4.78 is 30.9. The normalized spacial score (nSPS) is 22.9. The third kappa shape index (κ3) is 5.44. The minimum Gasteiger partial charge on any atom is -0.486 e. The van der Waals surface area contributed by atoms with Crippen LogP contribution < -0.4 is 15.4 Å². The van der Waals surface area contributed by atoms with Gasteiger partial charge in [0.05, 0.1) is 42.2 Å². The second kappa shape index (κ2) is 10.8. The molecular formula is C27H27ClFN5O4. The first-order chi connectivity index (χ1) is 18.5. The number of carbonyl (C=O) groups excluding carboxylic acids is 1. The fraction of sp³-hybridized carbons (Fsp3) is 0.370. The van der Waals surface area contributed by atoms with Crippen LogP contribution in [0.2, 0.25) is 5.02 Å². The molecule has 3 aliphatic heterocycles. The number of ether oxygens (including phenoxy) is 3. The van der Waals surface area contributed by atoms with Crippen molar-refractivity contribution in [1.29, 1.82) is 0 Å². The van der Waals surface area contributed by atoms with E-state index in [0.29, 0.717) is 65.7 Å². The fourth-order valence-electron chi connectivity index (χ4n) is 5.05. The van der Waals surface area contributed by atoms with E-state index in [1.54, 1.807) is 24.3 Å². The number of nitrogens with one attached hydrogen (secondary N) is 2. The van der Waals surface area contributed by atoms with Gasteiger partial charge in [0, 0.05) is 48.8 Å². The van der Waals surface area contributed by atoms with Crippen LogP contribution in [0.3, 0.4) is 0 Å². The summed E-state index contributed by atoms with van der Waals surface area (Å²) in [4.78, 5) is 24.0. The average molecular weight is 540 g/mol. The van der Waals surface area contributed by atoms with Crippen LogP contribution in [0, 0.1) is 5.82 Å². The molecule has 1 aromatic heterocycles. The van der Waals surface area contributed by atoms with Gasteiger partial charge in [0.25, 0.3) is 0 Å². The molecule has 38 heavy (non-hydrogen) atoms. The van der Waals surface area contributed by atoms with E-state index in [4.69, 9.17) is 25.8 Å². The number of nitrogens with zero attached hydrogens (tertiary/aromatic N) is 3. The molecule has 11 heteroatoms. The van der Waals surface area contributed by atoms with Gasteiger partial charge < -0.3 is 24.8 Å². The standard InChI is InChI=1S/C27H27ClFN5O4/c28-21-8-16(3-4-22(21)29)32-27-20-10-24(25(11-23(20)30-15-31-27)38-18-5-7-36-14-18)33-26(35)2-1-6-34-12-19-9-17(34)13-37-19/h1-4,8,10-11,15,17-19H,5-7,9,12-14H2,(H,33,35)(H,30,31,32)/b2-1+/t17-,18?,19-/m1/s1. The first-order valence-electron chi connectivity index (χ1n) is 12.6. The molecule has 6 rings (SSSR count). The molecule has 0 aliphatic carbocycles. The molecule has 3 atom stereocenters. The third-order valence-electron chi connectivity index (χ3n) is 6.98. The monoisotopic (exact) mass is 539 g/mol. The SMILES string of the molecule is O=C(/C=C/CN1C[C@H]2C[C@@H]1CO2)Nc1cc2c(Nc3ccc(F)c(Cl)c3)ncnc2cc1OC1CCOC1. The summed E-state index contributed by atoms with van der Waals surface area (Å²) in [6, 6.07) is 8.31. The first-order valence-corrected chi connectivity index (χ1v) is 13.0. The summed E-state index contributed by atoms with van der Waals surface area (Å²) >= 11 is 5.95. The molecule has 0 radical (unpaired) electrons. The average Bonchev–Trinajstić information content (AvgIpc) is 3.66. The summed E-state index contributed by atoms with van der Waals surface area (Å²) in [5.74, 6) is 0.198. The van der Waals surface area contributed by atoms with E-state index in [2.05, 4.69) is 25.5 Å². The summed E-state index contributed by atoms with van der Waals surface area (Å²) in [5.41, 5.74) is 1.67. The third-order valence-corrected chi connectivity index (χ3v) is 7.27. The van der Waals surface area contributed by atoms with Crippen molar-refractivity contribution < 1.29 is 23.4 Å². The summed E-state index contributed by atoms with van der Waals surface area (Å²) in [5, 5.41) is 6.76. The number of rotatable bonds is 8. The number of amides is 1. The van der Waals surface area contributed by atoms with Crippen molar-refractivity contribution in [3.63, 3.8) is 0 Å². The molecule has 3 aromatic rings. The van der Waals surface area contributed by atoms with Crippen molar-refractivity contribution in [2.24, 2.45) is 0 Å². The first kappa shape index (κ1) is 25.0. The second-order valence-corrected chi connectivity index (χ2v) is 10.0. The van der Waals surface area contributed by atoms with Crippen molar-refractivity contribution in [3.8, 4) is 5.75 Å². The van der Waals surface area contributed by atoms with E-state index in [1.807, 2.05) is 6.08 Å². The van der Waals surface area contributed by atoms with Gasteiger partial charge in [-0.1, -0.05) is 17.7 Å². The molecule has 1 unspecified atom stereocenters. The lowest BCUT2D eigenvalue weighted by Crippen LogP contribution is -2.36. The number of hydrogen-bond donors (Lipinski definition) is 2. The highest BCUT2D eigenvalue weighted by molar-refractivity contribution is 6.31. The number of fused-ring (bicyclic) bond motifs is 3.